The van der Waals surface area contributed by atoms with E-state index in [0.29, 0.717) is 29.8 Å². The van der Waals surface area contributed by atoms with Gasteiger partial charge in [-0.2, -0.15) is 9.50 Å². The Kier molecular flexibility index (Phi) is 4.20. The summed E-state index contributed by atoms with van der Waals surface area (Å²) in [7, 11) is 0. The largest absolute Gasteiger partial charge is 0.492 e. The van der Waals surface area contributed by atoms with Gasteiger partial charge in [0.1, 0.15) is 11.8 Å². The Morgan fingerprint density at radius 3 is 2.50 bits per heavy atom. The van der Waals surface area contributed by atoms with Gasteiger partial charge in [0, 0.05) is 25.9 Å². The molecule has 1 N–H and O–H groups in total. The van der Waals surface area contributed by atoms with Gasteiger partial charge in [-0.25, -0.2) is 0 Å². The lowest BCUT2D eigenvalue weighted by Crippen LogP contribution is -2.46. The monoisotopic (exact) mass is 428 g/mol. The van der Waals surface area contributed by atoms with E-state index in [1.54, 1.807) is 24.7 Å². The lowest BCUT2D eigenvalue weighted by molar-refractivity contribution is -0.187. The number of thiazole rings is 1. The minimum atomic E-state index is -0.463. The number of rotatable bonds is 4. The second kappa shape index (κ2) is 6.95. The van der Waals surface area contributed by atoms with Crippen LogP contribution in [0, 0.1) is 0 Å². The van der Waals surface area contributed by atoms with Gasteiger partial charge in [0.25, 0.3) is 0 Å². The third kappa shape index (κ3) is 2.87. The number of hydrogen-bond donors (Lipinski definition) is 1. The van der Waals surface area contributed by atoms with Gasteiger partial charge in [-0.05, 0) is 24.3 Å². The SMILES string of the molecule is Oc1c([C@H](c2ccco2)N2CCC3(CC2)OCCO3)sc2nc(-c3ccco3)nn12. The highest BCUT2D eigenvalue weighted by Gasteiger charge is 2.43. The predicted octanol–water partition coefficient (Wildman–Crippen LogP) is 3.28. The van der Waals surface area contributed by atoms with Gasteiger partial charge in [0.05, 0.1) is 30.6 Å². The summed E-state index contributed by atoms with van der Waals surface area (Å²) >= 11 is 1.40. The average Bonchev–Trinajstić information content (AvgIpc) is 3.56. The molecule has 2 saturated heterocycles. The summed E-state index contributed by atoms with van der Waals surface area (Å²) < 4.78 is 24.3. The summed E-state index contributed by atoms with van der Waals surface area (Å²) in [5, 5.41) is 15.5. The van der Waals surface area contributed by atoms with Gasteiger partial charge < -0.3 is 23.4 Å². The summed E-state index contributed by atoms with van der Waals surface area (Å²) in [5.74, 6) is 1.38. The third-order valence-electron chi connectivity index (χ3n) is 5.74. The van der Waals surface area contributed by atoms with E-state index in [0.717, 1.165) is 36.6 Å². The van der Waals surface area contributed by atoms with E-state index in [2.05, 4.69) is 15.0 Å². The first kappa shape index (κ1) is 18.1. The fourth-order valence-corrected chi connectivity index (χ4v) is 5.37. The van der Waals surface area contributed by atoms with Crippen LogP contribution >= 0.6 is 11.3 Å². The molecule has 0 aromatic carbocycles. The van der Waals surface area contributed by atoms with Crippen LogP contribution in [0.1, 0.15) is 29.5 Å². The lowest BCUT2D eigenvalue weighted by Gasteiger charge is -2.40. The predicted molar refractivity (Wildman–Crippen MR) is 106 cm³/mol. The normalized spacial score (nSPS) is 20.4. The molecule has 4 aromatic heterocycles. The first-order chi connectivity index (χ1) is 14.7. The maximum absolute atomic E-state index is 11.0. The van der Waals surface area contributed by atoms with E-state index < -0.39 is 5.79 Å². The van der Waals surface area contributed by atoms with E-state index >= 15 is 0 Å². The zero-order chi connectivity index (χ0) is 20.1. The first-order valence-electron chi connectivity index (χ1n) is 9.90. The third-order valence-corrected chi connectivity index (χ3v) is 6.81. The van der Waals surface area contributed by atoms with Crippen molar-refractivity contribution in [1.82, 2.24) is 19.5 Å². The van der Waals surface area contributed by atoms with Gasteiger partial charge >= 0.3 is 0 Å². The number of ether oxygens (including phenoxy) is 2. The number of aromatic nitrogens is 3. The Labute approximate surface area is 175 Å². The molecule has 6 heterocycles. The molecule has 2 fully saturated rings. The Hall–Kier alpha value is -2.66. The van der Waals surface area contributed by atoms with Crippen LogP contribution in [0.4, 0.5) is 0 Å². The van der Waals surface area contributed by atoms with E-state index in [4.69, 9.17) is 18.3 Å². The topological polar surface area (TPSA) is 98.4 Å². The highest BCUT2D eigenvalue weighted by molar-refractivity contribution is 7.17. The van der Waals surface area contributed by atoms with Gasteiger partial charge in [-0.3, -0.25) is 4.90 Å². The van der Waals surface area contributed by atoms with Gasteiger partial charge in [0.2, 0.25) is 16.7 Å². The van der Waals surface area contributed by atoms with E-state index in [1.165, 1.54) is 15.9 Å². The Morgan fingerprint density at radius 1 is 1.07 bits per heavy atom. The minimum Gasteiger partial charge on any atom is -0.492 e. The molecule has 30 heavy (non-hydrogen) atoms. The van der Waals surface area contributed by atoms with Crippen molar-refractivity contribution in [1.29, 1.82) is 0 Å². The molecule has 1 atom stereocenters. The van der Waals surface area contributed by atoms with Crippen molar-refractivity contribution in [2.24, 2.45) is 0 Å². The van der Waals surface area contributed by atoms with Gasteiger partial charge in [0.15, 0.2) is 11.5 Å². The molecule has 2 aliphatic heterocycles. The molecule has 0 unspecified atom stereocenters. The van der Waals surface area contributed by atoms with Crippen molar-refractivity contribution in [3.63, 3.8) is 0 Å². The van der Waals surface area contributed by atoms with Crippen LogP contribution in [-0.4, -0.2) is 56.7 Å². The molecule has 0 saturated carbocycles. The molecular weight excluding hydrogens is 408 g/mol. The fraction of sp³-hybridized carbons (Fsp3) is 0.400. The zero-order valence-corrected chi connectivity index (χ0v) is 16.9. The summed E-state index contributed by atoms with van der Waals surface area (Å²) in [4.78, 5) is 8.16. The molecule has 10 heteroatoms. The number of hydrogen-bond acceptors (Lipinski definition) is 9. The standard InChI is InChI=1S/C20H20N4O5S/c25-18-16(30-19-21-17(22-24(18)19)14-4-2-10-27-14)15(13-3-1-9-26-13)23-7-5-20(6-8-23)28-11-12-29-20/h1-4,9-10,15,25H,5-8,11-12H2/t15-/m0/s1. The van der Waals surface area contributed by atoms with Crippen LogP contribution in [-0.2, 0) is 9.47 Å². The molecule has 0 aliphatic carbocycles. The molecule has 4 aromatic rings. The number of nitrogens with zero attached hydrogens (tertiary/aromatic N) is 4. The fourth-order valence-electron chi connectivity index (χ4n) is 4.27. The zero-order valence-electron chi connectivity index (χ0n) is 16.1. The maximum Gasteiger partial charge on any atom is 0.230 e. The maximum atomic E-state index is 11.0. The quantitative estimate of drug-likeness (QED) is 0.529. The molecule has 0 amide bonds. The lowest BCUT2D eigenvalue weighted by atomic mass is 10.0. The highest BCUT2D eigenvalue weighted by atomic mass is 32.1. The average molecular weight is 428 g/mol. The molecule has 6 rings (SSSR count). The molecule has 1 spiro atoms. The Morgan fingerprint density at radius 2 is 1.83 bits per heavy atom. The van der Waals surface area contributed by atoms with E-state index in [-0.39, 0.29) is 11.9 Å². The number of fused-ring (bicyclic) bond motifs is 1. The molecule has 0 radical (unpaired) electrons. The molecular formula is C20H20N4O5S. The second-order valence-corrected chi connectivity index (χ2v) is 8.47. The van der Waals surface area contributed by atoms with Crippen molar-refractivity contribution >= 4 is 16.3 Å². The van der Waals surface area contributed by atoms with Crippen LogP contribution in [0.15, 0.2) is 45.6 Å². The van der Waals surface area contributed by atoms with E-state index in [1.807, 2.05) is 12.1 Å². The number of furan rings is 2. The van der Waals surface area contributed by atoms with Crippen molar-refractivity contribution in [2.45, 2.75) is 24.7 Å². The molecule has 0 bridgehead atoms. The Bertz CT molecular complexity index is 1130. The number of piperidine rings is 1. The van der Waals surface area contributed by atoms with Crippen molar-refractivity contribution in [2.75, 3.05) is 26.3 Å². The first-order valence-corrected chi connectivity index (χ1v) is 10.7. The second-order valence-electron chi connectivity index (χ2n) is 7.46. The summed E-state index contributed by atoms with van der Waals surface area (Å²) in [6.45, 7) is 2.81. The van der Waals surface area contributed by atoms with Crippen molar-refractivity contribution in [3.05, 3.63) is 47.4 Å². The minimum absolute atomic E-state index is 0.0651. The van der Waals surface area contributed by atoms with E-state index in [9.17, 15) is 5.11 Å². The highest BCUT2D eigenvalue weighted by Crippen LogP contribution is 2.43. The van der Waals surface area contributed by atoms with Crippen LogP contribution < -0.4 is 0 Å². The van der Waals surface area contributed by atoms with Crippen molar-refractivity contribution < 1.29 is 23.4 Å². The van der Waals surface area contributed by atoms with Crippen LogP contribution in [0.5, 0.6) is 5.88 Å². The molecule has 2 aliphatic rings. The van der Waals surface area contributed by atoms with Gasteiger partial charge in [-0.1, -0.05) is 11.3 Å². The van der Waals surface area contributed by atoms with Crippen LogP contribution in [0.25, 0.3) is 16.5 Å². The van der Waals surface area contributed by atoms with Crippen LogP contribution in [0.3, 0.4) is 0 Å². The smallest absolute Gasteiger partial charge is 0.230 e. The number of likely N-dealkylation sites (tertiary alicyclic amines) is 1. The molecule has 156 valence electrons. The number of aromatic hydroxyl groups is 1. The summed E-state index contributed by atoms with van der Waals surface area (Å²) in [5.41, 5.74) is 0. The van der Waals surface area contributed by atoms with Gasteiger partial charge in [-0.15, -0.1) is 5.10 Å². The Balaban J connectivity index is 1.35. The van der Waals surface area contributed by atoms with Crippen molar-refractivity contribution in [3.8, 4) is 17.5 Å². The summed E-state index contributed by atoms with van der Waals surface area (Å²) in [6, 6.07) is 7.13. The van der Waals surface area contributed by atoms with Crippen LogP contribution in [0.2, 0.25) is 0 Å². The molecule has 9 nitrogen and oxygen atoms in total. The summed E-state index contributed by atoms with van der Waals surface area (Å²) in [6.07, 6.45) is 4.77.